The average molecular weight is 365 g/mol. The van der Waals surface area contributed by atoms with Gasteiger partial charge in [0.1, 0.15) is 17.7 Å². The minimum atomic E-state index is -1.01. The van der Waals surface area contributed by atoms with Crippen LogP contribution in [0.1, 0.15) is 19.3 Å². The number of carbonyl (C=O) groups is 1. The van der Waals surface area contributed by atoms with E-state index in [0.29, 0.717) is 18.3 Å². The van der Waals surface area contributed by atoms with Crippen molar-refractivity contribution >= 4 is 22.6 Å². The second-order valence-electron chi connectivity index (χ2n) is 7.38. The summed E-state index contributed by atoms with van der Waals surface area (Å²) in [6, 6.07) is 11.9. The lowest BCUT2D eigenvalue weighted by Gasteiger charge is -2.11. The van der Waals surface area contributed by atoms with Gasteiger partial charge in [0.15, 0.2) is 0 Å². The monoisotopic (exact) mass is 365 g/mol. The number of alkyl halides is 1. The summed E-state index contributed by atoms with van der Waals surface area (Å²) in [5.41, 5.74) is 3.02. The Hall–Kier alpha value is -2.89. The zero-order valence-corrected chi connectivity index (χ0v) is 15.0. The molecule has 2 atom stereocenters. The number of anilines is 1. The Morgan fingerprint density at radius 2 is 2.07 bits per heavy atom. The van der Waals surface area contributed by atoms with Crippen LogP contribution in [0, 0.1) is 5.92 Å². The van der Waals surface area contributed by atoms with E-state index in [1.807, 2.05) is 31.3 Å². The Morgan fingerprint density at radius 1 is 1.30 bits per heavy atom. The molecule has 0 saturated heterocycles. The number of pyridine rings is 1. The third kappa shape index (κ3) is 3.05. The molecule has 2 saturated carbocycles. The van der Waals surface area contributed by atoms with Crippen molar-refractivity contribution in [2.24, 2.45) is 13.0 Å². The number of rotatable bonds is 5. The molecule has 2 heterocycles. The molecule has 5 nitrogen and oxygen atoms in total. The Morgan fingerprint density at radius 3 is 2.81 bits per heavy atom. The van der Waals surface area contributed by atoms with E-state index < -0.39 is 12.1 Å². The summed E-state index contributed by atoms with van der Waals surface area (Å²) in [5.74, 6) is 0.510. The number of amides is 1. The second kappa shape index (κ2) is 6.08. The van der Waals surface area contributed by atoms with Gasteiger partial charge in [0, 0.05) is 18.0 Å². The SMILES string of the molecule is Cn1c(-c2ccccc2OC2CC2)cc2cc(NC(=O)[C@@H]3C[C@@H]3F)ncc21. The lowest BCUT2D eigenvalue weighted by molar-refractivity contribution is -0.117. The van der Waals surface area contributed by atoms with Crippen LogP contribution < -0.4 is 10.1 Å². The van der Waals surface area contributed by atoms with Crippen LogP contribution in [-0.2, 0) is 11.8 Å². The predicted octanol–water partition coefficient (Wildman–Crippen LogP) is 4.08. The lowest BCUT2D eigenvalue weighted by Crippen LogP contribution is -2.15. The molecule has 0 bridgehead atoms. The van der Waals surface area contributed by atoms with Gasteiger partial charge in [-0.15, -0.1) is 0 Å². The highest BCUT2D eigenvalue weighted by Crippen LogP contribution is 2.37. The molecule has 0 aliphatic heterocycles. The summed E-state index contributed by atoms with van der Waals surface area (Å²) in [6.07, 6.45) is 3.57. The van der Waals surface area contributed by atoms with E-state index in [9.17, 15) is 9.18 Å². The van der Waals surface area contributed by atoms with Gasteiger partial charge in [-0.3, -0.25) is 4.79 Å². The van der Waals surface area contributed by atoms with Gasteiger partial charge in [-0.05, 0) is 43.5 Å². The van der Waals surface area contributed by atoms with E-state index in [1.54, 1.807) is 6.20 Å². The molecule has 3 aromatic rings. The van der Waals surface area contributed by atoms with Crippen molar-refractivity contribution in [2.75, 3.05) is 5.32 Å². The molecule has 1 amide bonds. The highest BCUT2D eigenvalue weighted by atomic mass is 19.1. The van der Waals surface area contributed by atoms with E-state index in [1.165, 1.54) is 0 Å². The number of para-hydroxylation sites is 1. The van der Waals surface area contributed by atoms with Crippen LogP contribution in [0.4, 0.5) is 10.2 Å². The molecule has 2 aliphatic carbocycles. The van der Waals surface area contributed by atoms with Gasteiger partial charge in [-0.2, -0.15) is 0 Å². The summed E-state index contributed by atoms with van der Waals surface area (Å²) in [7, 11) is 1.99. The predicted molar refractivity (Wildman–Crippen MR) is 101 cm³/mol. The number of benzene rings is 1. The number of fused-ring (bicyclic) bond motifs is 1. The van der Waals surface area contributed by atoms with Gasteiger partial charge < -0.3 is 14.6 Å². The number of hydrogen-bond acceptors (Lipinski definition) is 3. The average Bonchev–Trinajstić information content (AvgIpc) is 3.57. The van der Waals surface area contributed by atoms with E-state index >= 15 is 0 Å². The molecule has 0 radical (unpaired) electrons. The van der Waals surface area contributed by atoms with Crippen LogP contribution in [0.15, 0.2) is 42.6 Å². The second-order valence-corrected chi connectivity index (χ2v) is 7.38. The van der Waals surface area contributed by atoms with Gasteiger partial charge in [0.25, 0.3) is 0 Å². The highest BCUT2D eigenvalue weighted by molar-refractivity contribution is 5.96. The molecule has 6 heteroatoms. The molecule has 27 heavy (non-hydrogen) atoms. The third-order valence-corrected chi connectivity index (χ3v) is 5.21. The molecule has 0 unspecified atom stereocenters. The quantitative estimate of drug-likeness (QED) is 0.741. The van der Waals surface area contributed by atoms with E-state index in [0.717, 1.165) is 40.8 Å². The van der Waals surface area contributed by atoms with Crippen LogP contribution in [0.3, 0.4) is 0 Å². The Kier molecular flexibility index (Phi) is 3.67. The fourth-order valence-electron chi connectivity index (χ4n) is 3.36. The number of carbonyl (C=O) groups excluding carboxylic acids is 1. The first-order chi connectivity index (χ1) is 13.1. The summed E-state index contributed by atoms with van der Waals surface area (Å²) in [4.78, 5) is 16.3. The van der Waals surface area contributed by atoms with Crippen molar-refractivity contribution in [1.29, 1.82) is 0 Å². The first kappa shape index (κ1) is 16.3. The molecule has 2 aliphatic rings. The smallest absolute Gasteiger partial charge is 0.231 e. The molecule has 0 spiro atoms. The van der Waals surface area contributed by atoms with E-state index in [2.05, 4.69) is 27.0 Å². The first-order valence-corrected chi connectivity index (χ1v) is 9.26. The normalized spacial score (nSPS) is 21.3. The fraction of sp³-hybridized carbons (Fsp3) is 0.333. The van der Waals surface area contributed by atoms with Crippen LogP contribution in [-0.4, -0.2) is 27.7 Å². The summed E-state index contributed by atoms with van der Waals surface area (Å²) < 4.78 is 21.2. The molecule has 5 rings (SSSR count). The molecule has 1 N–H and O–H groups in total. The van der Waals surface area contributed by atoms with Crippen LogP contribution >= 0.6 is 0 Å². The largest absolute Gasteiger partial charge is 0.490 e. The Labute approximate surface area is 156 Å². The number of hydrogen-bond donors (Lipinski definition) is 1. The number of aromatic nitrogens is 2. The topological polar surface area (TPSA) is 56.1 Å². The number of aryl methyl sites for hydroxylation is 1. The fourth-order valence-corrected chi connectivity index (χ4v) is 3.36. The van der Waals surface area contributed by atoms with Crippen molar-refractivity contribution in [3.63, 3.8) is 0 Å². The zero-order chi connectivity index (χ0) is 18.5. The molecular formula is C21H20FN3O2. The maximum absolute atomic E-state index is 13.1. The Bertz CT molecular complexity index is 1040. The lowest BCUT2D eigenvalue weighted by atomic mass is 10.1. The van der Waals surface area contributed by atoms with E-state index in [4.69, 9.17) is 4.74 Å². The first-order valence-electron chi connectivity index (χ1n) is 9.26. The maximum atomic E-state index is 13.1. The van der Waals surface area contributed by atoms with Gasteiger partial charge >= 0.3 is 0 Å². The van der Waals surface area contributed by atoms with Crippen molar-refractivity contribution in [3.05, 3.63) is 42.6 Å². The van der Waals surface area contributed by atoms with Crippen LogP contribution in [0.5, 0.6) is 5.75 Å². The molecular weight excluding hydrogens is 345 g/mol. The maximum Gasteiger partial charge on any atom is 0.231 e. The zero-order valence-electron chi connectivity index (χ0n) is 15.0. The summed E-state index contributed by atoms with van der Waals surface area (Å²) >= 11 is 0. The number of halogens is 1. The standard InChI is InChI=1S/C21H20FN3O2/c1-25-17(14-4-2-3-5-19(14)27-13-6-7-13)8-12-9-20(23-11-18(12)25)24-21(26)15-10-16(15)22/h2-5,8-9,11,13,15-16H,6-7,10H2,1H3,(H,23,24,26)/t15-,16+/m1/s1. The van der Waals surface area contributed by atoms with Gasteiger partial charge in [-0.25, -0.2) is 9.37 Å². The molecule has 138 valence electrons. The summed E-state index contributed by atoms with van der Waals surface area (Å²) in [5, 5.41) is 3.68. The van der Waals surface area contributed by atoms with E-state index in [-0.39, 0.29) is 5.91 Å². The Balaban J connectivity index is 1.49. The van der Waals surface area contributed by atoms with Crippen molar-refractivity contribution in [2.45, 2.75) is 31.5 Å². The highest BCUT2D eigenvalue weighted by Gasteiger charge is 2.43. The van der Waals surface area contributed by atoms with Crippen LogP contribution in [0.2, 0.25) is 0 Å². The number of ether oxygens (including phenoxy) is 1. The van der Waals surface area contributed by atoms with Gasteiger partial charge in [-0.1, -0.05) is 12.1 Å². The molecule has 1 aromatic carbocycles. The van der Waals surface area contributed by atoms with Crippen molar-refractivity contribution in [1.82, 2.24) is 9.55 Å². The van der Waals surface area contributed by atoms with Crippen LogP contribution in [0.25, 0.3) is 22.2 Å². The molecule has 2 aromatic heterocycles. The summed E-state index contributed by atoms with van der Waals surface area (Å²) in [6.45, 7) is 0. The minimum Gasteiger partial charge on any atom is -0.490 e. The van der Waals surface area contributed by atoms with Gasteiger partial charge in [0.2, 0.25) is 5.91 Å². The molecule has 2 fully saturated rings. The number of nitrogens with one attached hydrogen (secondary N) is 1. The number of nitrogens with zero attached hydrogens (tertiary/aromatic N) is 2. The minimum absolute atomic E-state index is 0.298. The third-order valence-electron chi connectivity index (χ3n) is 5.21. The van der Waals surface area contributed by atoms with Crippen molar-refractivity contribution in [3.8, 4) is 17.0 Å². The van der Waals surface area contributed by atoms with Gasteiger partial charge in [0.05, 0.1) is 29.4 Å². The van der Waals surface area contributed by atoms with Crippen molar-refractivity contribution < 1.29 is 13.9 Å².